The third-order valence-electron chi connectivity index (χ3n) is 5.64. The number of aryl methyl sites for hydroxylation is 2. The zero-order chi connectivity index (χ0) is 20.4. The van der Waals surface area contributed by atoms with Gasteiger partial charge >= 0.3 is 5.63 Å². The number of rotatable bonds is 7. The van der Waals surface area contributed by atoms with Gasteiger partial charge in [0, 0.05) is 31.6 Å². The van der Waals surface area contributed by atoms with Gasteiger partial charge in [-0.1, -0.05) is 0 Å². The van der Waals surface area contributed by atoms with Gasteiger partial charge in [0.2, 0.25) is 5.91 Å². The van der Waals surface area contributed by atoms with Crippen LogP contribution in [0.5, 0.6) is 5.75 Å². The third-order valence-corrected chi connectivity index (χ3v) is 5.64. The lowest BCUT2D eigenvalue weighted by atomic mass is 10.0. The molecule has 2 aliphatic rings. The number of hydrogen-bond acceptors (Lipinski definition) is 5. The van der Waals surface area contributed by atoms with Crippen LogP contribution in [0, 0.1) is 6.92 Å². The van der Waals surface area contributed by atoms with Crippen LogP contribution in [-0.2, 0) is 22.4 Å². The van der Waals surface area contributed by atoms with Crippen molar-refractivity contribution in [2.24, 2.45) is 0 Å². The van der Waals surface area contributed by atoms with E-state index < -0.39 is 0 Å². The highest BCUT2D eigenvalue weighted by Crippen LogP contribution is 2.35. The number of likely N-dealkylation sites (tertiary alicyclic amines) is 1. The number of nitrogens with zero attached hydrogens (tertiary/aromatic N) is 1. The predicted molar refractivity (Wildman–Crippen MR) is 108 cm³/mol. The molecule has 0 bridgehead atoms. The van der Waals surface area contributed by atoms with Crippen LogP contribution < -0.4 is 15.7 Å². The molecule has 2 heterocycles. The van der Waals surface area contributed by atoms with Crippen LogP contribution in [-0.4, -0.2) is 43.0 Å². The standard InChI is InChI=1S/C22H26N2O5/c1-14-11-17(21-15-5-2-6-16(15)22(27)29-18(21)12-14)28-13-19(25)23-8-4-10-24-9-3-7-20(24)26/h11-12H,2-10,13H2,1H3,(H,23,25). The molecule has 0 saturated carbocycles. The molecule has 2 amide bonds. The number of amides is 2. The lowest BCUT2D eigenvalue weighted by molar-refractivity contribution is -0.127. The minimum Gasteiger partial charge on any atom is -0.483 e. The van der Waals surface area contributed by atoms with E-state index in [0.717, 1.165) is 60.7 Å². The molecule has 1 N–H and O–H groups in total. The van der Waals surface area contributed by atoms with Crippen molar-refractivity contribution in [2.75, 3.05) is 26.2 Å². The minimum absolute atomic E-state index is 0.102. The summed E-state index contributed by atoms with van der Waals surface area (Å²) in [6.07, 6.45) is 4.75. The Labute approximate surface area is 169 Å². The van der Waals surface area contributed by atoms with Crippen LogP contribution in [0.2, 0.25) is 0 Å². The number of carbonyl (C=O) groups excluding carboxylic acids is 2. The molecule has 1 aliphatic heterocycles. The quantitative estimate of drug-likeness (QED) is 0.570. The van der Waals surface area contributed by atoms with Crippen molar-refractivity contribution in [3.05, 3.63) is 39.2 Å². The van der Waals surface area contributed by atoms with Crippen molar-refractivity contribution in [2.45, 2.75) is 45.4 Å². The molecule has 0 unspecified atom stereocenters. The largest absolute Gasteiger partial charge is 0.483 e. The van der Waals surface area contributed by atoms with Gasteiger partial charge in [-0.3, -0.25) is 9.59 Å². The van der Waals surface area contributed by atoms with Crippen molar-refractivity contribution < 1.29 is 18.7 Å². The summed E-state index contributed by atoms with van der Waals surface area (Å²) in [5, 5.41) is 3.65. The fourth-order valence-electron chi connectivity index (χ4n) is 4.25. The molecule has 1 saturated heterocycles. The highest BCUT2D eigenvalue weighted by Gasteiger charge is 2.23. The molecule has 1 aromatic carbocycles. The molecule has 2 aromatic rings. The Kier molecular flexibility index (Phi) is 5.56. The molecule has 1 aliphatic carbocycles. The number of fused-ring (bicyclic) bond motifs is 3. The molecule has 1 fully saturated rings. The molecule has 4 rings (SSSR count). The Bertz CT molecular complexity index is 1010. The maximum Gasteiger partial charge on any atom is 0.339 e. The van der Waals surface area contributed by atoms with Crippen molar-refractivity contribution in [1.82, 2.24) is 10.2 Å². The van der Waals surface area contributed by atoms with Gasteiger partial charge in [-0.05, 0) is 62.3 Å². The molecule has 0 atom stereocenters. The number of benzene rings is 1. The first-order chi connectivity index (χ1) is 14.0. The molecule has 0 radical (unpaired) electrons. The molecular formula is C22H26N2O5. The molecule has 7 heteroatoms. The summed E-state index contributed by atoms with van der Waals surface area (Å²) < 4.78 is 11.3. The van der Waals surface area contributed by atoms with Gasteiger partial charge in [0.15, 0.2) is 6.61 Å². The van der Waals surface area contributed by atoms with Crippen LogP contribution >= 0.6 is 0 Å². The second-order valence-electron chi connectivity index (χ2n) is 7.81. The third kappa shape index (κ3) is 4.13. The summed E-state index contributed by atoms with van der Waals surface area (Å²) in [6, 6.07) is 3.72. The first kappa shape index (κ1) is 19.5. The maximum absolute atomic E-state index is 12.2. The van der Waals surface area contributed by atoms with Crippen LogP contribution in [0.1, 0.15) is 42.4 Å². The van der Waals surface area contributed by atoms with Crippen molar-refractivity contribution >= 4 is 22.8 Å². The van der Waals surface area contributed by atoms with Crippen LogP contribution in [0.4, 0.5) is 0 Å². The molecule has 7 nitrogen and oxygen atoms in total. The summed E-state index contributed by atoms with van der Waals surface area (Å²) in [5.74, 6) is 0.575. The Morgan fingerprint density at radius 2 is 2.00 bits per heavy atom. The predicted octanol–water partition coefficient (Wildman–Crippen LogP) is 2.10. The minimum atomic E-state index is -0.268. The van der Waals surface area contributed by atoms with E-state index in [4.69, 9.17) is 9.15 Å². The summed E-state index contributed by atoms with van der Waals surface area (Å²) in [5.41, 5.74) is 2.87. The lowest BCUT2D eigenvalue weighted by Gasteiger charge is -2.15. The molecule has 29 heavy (non-hydrogen) atoms. The van der Waals surface area contributed by atoms with E-state index in [1.54, 1.807) is 0 Å². The van der Waals surface area contributed by atoms with E-state index in [-0.39, 0.29) is 24.0 Å². The van der Waals surface area contributed by atoms with Crippen LogP contribution in [0.25, 0.3) is 11.0 Å². The highest BCUT2D eigenvalue weighted by atomic mass is 16.5. The average molecular weight is 398 g/mol. The van der Waals surface area contributed by atoms with Crippen LogP contribution in [0.3, 0.4) is 0 Å². The molecule has 0 spiro atoms. The average Bonchev–Trinajstić information content (AvgIpc) is 3.32. The molecule has 1 aromatic heterocycles. The van der Waals surface area contributed by atoms with E-state index in [0.29, 0.717) is 30.8 Å². The molecule has 154 valence electrons. The lowest BCUT2D eigenvalue weighted by Crippen LogP contribution is -2.33. The summed E-state index contributed by atoms with van der Waals surface area (Å²) >= 11 is 0. The first-order valence-electron chi connectivity index (χ1n) is 10.3. The second kappa shape index (κ2) is 8.27. The van der Waals surface area contributed by atoms with E-state index >= 15 is 0 Å². The van der Waals surface area contributed by atoms with Gasteiger partial charge in [0.05, 0.1) is 5.39 Å². The second-order valence-corrected chi connectivity index (χ2v) is 7.81. The Morgan fingerprint density at radius 3 is 2.79 bits per heavy atom. The summed E-state index contributed by atoms with van der Waals surface area (Å²) in [7, 11) is 0. The topological polar surface area (TPSA) is 88.9 Å². The monoisotopic (exact) mass is 398 g/mol. The van der Waals surface area contributed by atoms with Crippen molar-refractivity contribution in [1.29, 1.82) is 0 Å². The van der Waals surface area contributed by atoms with E-state index in [2.05, 4.69) is 5.32 Å². The highest BCUT2D eigenvalue weighted by molar-refractivity contribution is 5.89. The smallest absolute Gasteiger partial charge is 0.339 e. The summed E-state index contributed by atoms with van der Waals surface area (Å²) in [6.45, 7) is 3.80. The first-order valence-corrected chi connectivity index (χ1v) is 10.3. The number of hydrogen-bond donors (Lipinski definition) is 1. The van der Waals surface area contributed by atoms with E-state index in [1.165, 1.54) is 0 Å². The zero-order valence-electron chi connectivity index (χ0n) is 16.7. The van der Waals surface area contributed by atoms with Crippen molar-refractivity contribution in [3.63, 3.8) is 0 Å². The van der Waals surface area contributed by atoms with Gasteiger partial charge in [-0.2, -0.15) is 0 Å². The number of carbonyl (C=O) groups is 2. The normalized spacial score (nSPS) is 15.8. The number of ether oxygens (including phenoxy) is 1. The fraction of sp³-hybridized carbons (Fsp3) is 0.500. The zero-order valence-corrected chi connectivity index (χ0v) is 16.7. The van der Waals surface area contributed by atoms with Gasteiger partial charge in [0.1, 0.15) is 11.3 Å². The van der Waals surface area contributed by atoms with Gasteiger partial charge in [-0.25, -0.2) is 4.79 Å². The summed E-state index contributed by atoms with van der Waals surface area (Å²) in [4.78, 5) is 37.8. The van der Waals surface area contributed by atoms with Gasteiger partial charge in [0.25, 0.3) is 5.91 Å². The SMILES string of the molecule is Cc1cc(OCC(=O)NCCCN2CCCC2=O)c2c3c(c(=O)oc2c1)CCC3. The Balaban J connectivity index is 1.38. The van der Waals surface area contributed by atoms with Crippen LogP contribution in [0.15, 0.2) is 21.3 Å². The Hall–Kier alpha value is -2.83. The van der Waals surface area contributed by atoms with E-state index in [9.17, 15) is 14.4 Å². The van der Waals surface area contributed by atoms with E-state index in [1.807, 2.05) is 24.0 Å². The number of nitrogens with one attached hydrogen (secondary N) is 1. The Morgan fingerprint density at radius 1 is 1.17 bits per heavy atom. The molecular weight excluding hydrogens is 372 g/mol. The van der Waals surface area contributed by atoms with Gasteiger partial charge < -0.3 is 19.4 Å². The van der Waals surface area contributed by atoms with Gasteiger partial charge in [-0.15, -0.1) is 0 Å². The van der Waals surface area contributed by atoms with Crippen molar-refractivity contribution in [3.8, 4) is 5.75 Å². The fourth-order valence-corrected chi connectivity index (χ4v) is 4.25. The maximum atomic E-state index is 12.2.